The van der Waals surface area contributed by atoms with Crippen molar-refractivity contribution < 1.29 is 9.53 Å². The van der Waals surface area contributed by atoms with Crippen LogP contribution >= 0.6 is 0 Å². The van der Waals surface area contributed by atoms with Crippen LogP contribution in [0.3, 0.4) is 0 Å². The van der Waals surface area contributed by atoms with Crippen LogP contribution in [0.4, 0.5) is 4.79 Å². The van der Waals surface area contributed by atoms with E-state index >= 15 is 0 Å². The van der Waals surface area contributed by atoms with Gasteiger partial charge in [-0.25, -0.2) is 4.79 Å². The van der Waals surface area contributed by atoms with Gasteiger partial charge >= 0.3 is 6.03 Å². The zero-order chi connectivity index (χ0) is 9.97. The first-order valence-corrected chi connectivity index (χ1v) is 5.50. The maximum Gasteiger partial charge on any atom is 0.315 e. The fourth-order valence-electron chi connectivity index (χ4n) is 2.24. The lowest BCUT2D eigenvalue weighted by molar-refractivity contribution is 0.0875. The molecule has 0 unspecified atom stereocenters. The van der Waals surface area contributed by atoms with Gasteiger partial charge in [-0.2, -0.15) is 0 Å². The summed E-state index contributed by atoms with van der Waals surface area (Å²) in [5.74, 6) is 0. The predicted molar refractivity (Wildman–Crippen MR) is 53.1 cm³/mol. The molecule has 0 spiro atoms. The third-order valence-corrected chi connectivity index (χ3v) is 3.03. The summed E-state index contributed by atoms with van der Waals surface area (Å²) in [4.78, 5) is 11.1. The van der Waals surface area contributed by atoms with Crippen LogP contribution in [0, 0.1) is 0 Å². The number of hydrogen-bond acceptors (Lipinski definition) is 2. The Morgan fingerprint density at radius 1 is 1.43 bits per heavy atom. The summed E-state index contributed by atoms with van der Waals surface area (Å²) in [6.07, 6.45) is 4.96. The van der Waals surface area contributed by atoms with Crippen LogP contribution in [0.25, 0.3) is 0 Å². The van der Waals surface area contributed by atoms with Crippen LogP contribution in [0.1, 0.15) is 32.6 Å². The summed E-state index contributed by atoms with van der Waals surface area (Å²) in [7, 11) is 0. The molecule has 0 aliphatic carbocycles. The summed E-state index contributed by atoms with van der Waals surface area (Å²) in [6.45, 7) is 2.86. The standard InChI is InChI=1S/C10H18N2O2/c1-2-3-4-5-8-9-7(6-14-8)11-10(13)12-9/h7-9H,2-6H2,1H3,(H2,11,12,13)/t7-,8-,9-/m1/s1. The fourth-order valence-corrected chi connectivity index (χ4v) is 2.24. The molecule has 0 saturated carbocycles. The summed E-state index contributed by atoms with van der Waals surface area (Å²) >= 11 is 0. The first-order valence-electron chi connectivity index (χ1n) is 5.50. The molecule has 2 fully saturated rings. The number of urea groups is 1. The van der Waals surface area contributed by atoms with Crippen LogP contribution in [0.2, 0.25) is 0 Å². The number of rotatable bonds is 4. The second-order valence-corrected chi connectivity index (χ2v) is 4.12. The van der Waals surface area contributed by atoms with E-state index in [1.165, 1.54) is 19.3 Å². The van der Waals surface area contributed by atoms with Gasteiger partial charge in [-0.1, -0.05) is 26.2 Å². The molecule has 0 bridgehead atoms. The highest BCUT2D eigenvalue weighted by Crippen LogP contribution is 2.22. The van der Waals surface area contributed by atoms with Crippen LogP contribution in [0.5, 0.6) is 0 Å². The topological polar surface area (TPSA) is 50.4 Å². The lowest BCUT2D eigenvalue weighted by Gasteiger charge is -2.15. The number of carbonyl (C=O) groups excluding carboxylic acids is 1. The van der Waals surface area contributed by atoms with E-state index in [-0.39, 0.29) is 24.2 Å². The number of ether oxygens (including phenoxy) is 1. The maximum atomic E-state index is 11.1. The highest BCUT2D eigenvalue weighted by atomic mass is 16.5. The molecule has 2 heterocycles. The van der Waals surface area contributed by atoms with Crippen molar-refractivity contribution in [3.05, 3.63) is 0 Å². The number of nitrogens with one attached hydrogen (secondary N) is 2. The number of unbranched alkanes of at least 4 members (excludes halogenated alkanes) is 2. The molecule has 2 amide bonds. The van der Waals surface area contributed by atoms with Crippen molar-refractivity contribution in [2.24, 2.45) is 0 Å². The first-order chi connectivity index (χ1) is 6.81. The van der Waals surface area contributed by atoms with Crippen molar-refractivity contribution in [3.63, 3.8) is 0 Å². The van der Waals surface area contributed by atoms with Crippen molar-refractivity contribution in [2.75, 3.05) is 6.61 Å². The van der Waals surface area contributed by atoms with Gasteiger partial charge in [-0.3, -0.25) is 0 Å². The average Bonchev–Trinajstić information content (AvgIpc) is 2.66. The summed E-state index contributed by atoms with van der Waals surface area (Å²) in [6, 6.07) is 0.372. The quantitative estimate of drug-likeness (QED) is 0.662. The summed E-state index contributed by atoms with van der Waals surface area (Å²) in [5, 5.41) is 5.78. The van der Waals surface area contributed by atoms with E-state index in [9.17, 15) is 4.79 Å². The molecule has 0 radical (unpaired) electrons. The fraction of sp³-hybridized carbons (Fsp3) is 0.900. The van der Waals surface area contributed by atoms with E-state index in [0.29, 0.717) is 6.61 Å². The van der Waals surface area contributed by atoms with Crippen LogP contribution < -0.4 is 10.6 Å². The molecule has 2 rings (SSSR count). The molecule has 0 aromatic heterocycles. The number of hydrogen-bond donors (Lipinski definition) is 2. The minimum atomic E-state index is -0.0382. The SMILES string of the molecule is CCCCC[C@H]1OC[C@H]2NC(=O)N[C@H]21. The third-order valence-electron chi connectivity index (χ3n) is 3.03. The lowest BCUT2D eigenvalue weighted by Crippen LogP contribution is -2.37. The Hall–Kier alpha value is -0.770. The second kappa shape index (κ2) is 4.17. The van der Waals surface area contributed by atoms with Crippen molar-refractivity contribution in [1.29, 1.82) is 0 Å². The Morgan fingerprint density at radius 2 is 2.29 bits per heavy atom. The lowest BCUT2D eigenvalue weighted by atomic mass is 10.0. The van der Waals surface area contributed by atoms with E-state index in [2.05, 4.69) is 17.6 Å². The van der Waals surface area contributed by atoms with Gasteiger partial charge in [0.1, 0.15) is 0 Å². The Morgan fingerprint density at radius 3 is 3.07 bits per heavy atom. The normalized spacial score (nSPS) is 35.2. The Kier molecular flexibility index (Phi) is 2.91. The highest BCUT2D eigenvalue weighted by molar-refractivity contribution is 5.77. The molecule has 14 heavy (non-hydrogen) atoms. The zero-order valence-electron chi connectivity index (χ0n) is 8.58. The molecule has 3 atom stereocenters. The molecule has 4 nitrogen and oxygen atoms in total. The zero-order valence-corrected chi connectivity index (χ0v) is 8.58. The third kappa shape index (κ3) is 1.85. The first kappa shape index (κ1) is 9.77. The molecule has 2 saturated heterocycles. The summed E-state index contributed by atoms with van der Waals surface area (Å²) < 4.78 is 5.64. The largest absolute Gasteiger partial charge is 0.374 e. The summed E-state index contributed by atoms with van der Waals surface area (Å²) in [5.41, 5.74) is 0. The van der Waals surface area contributed by atoms with Crippen molar-refractivity contribution in [1.82, 2.24) is 10.6 Å². The van der Waals surface area contributed by atoms with Gasteiger partial charge in [0, 0.05) is 0 Å². The maximum absolute atomic E-state index is 11.1. The molecule has 0 aromatic rings. The van der Waals surface area contributed by atoms with E-state index in [1.54, 1.807) is 0 Å². The van der Waals surface area contributed by atoms with Crippen molar-refractivity contribution >= 4 is 6.03 Å². The smallest absolute Gasteiger partial charge is 0.315 e. The minimum Gasteiger partial charge on any atom is -0.374 e. The Bertz CT molecular complexity index is 220. The molecule has 0 aromatic carbocycles. The molecule has 80 valence electrons. The molecule has 4 heteroatoms. The molecular formula is C10H18N2O2. The number of carbonyl (C=O) groups is 1. The Balaban J connectivity index is 1.80. The monoisotopic (exact) mass is 198 g/mol. The van der Waals surface area contributed by atoms with Gasteiger partial charge in [-0.15, -0.1) is 0 Å². The van der Waals surface area contributed by atoms with E-state index in [0.717, 1.165) is 6.42 Å². The van der Waals surface area contributed by atoms with Crippen LogP contribution in [-0.4, -0.2) is 30.8 Å². The van der Waals surface area contributed by atoms with Gasteiger partial charge in [0.05, 0.1) is 24.8 Å². The van der Waals surface area contributed by atoms with E-state index < -0.39 is 0 Å². The Labute approximate surface area is 84.4 Å². The van der Waals surface area contributed by atoms with Gasteiger partial charge in [0.15, 0.2) is 0 Å². The minimum absolute atomic E-state index is 0.0382. The van der Waals surface area contributed by atoms with Crippen LogP contribution in [-0.2, 0) is 4.74 Å². The van der Waals surface area contributed by atoms with Crippen LogP contribution in [0.15, 0.2) is 0 Å². The number of amides is 2. The predicted octanol–water partition coefficient (Wildman–Crippen LogP) is 1.02. The van der Waals surface area contributed by atoms with Gasteiger partial charge < -0.3 is 15.4 Å². The van der Waals surface area contributed by atoms with Crippen molar-refractivity contribution in [2.45, 2.75) is 50.8 Å². The molecule has 2 aliphatic rings. The van der Waals surface area contributed by atoms with E-state index in [1.807, 2.05) is 0 Å². The molecule has 2 N–H and O–H groups in total. The number of fused-ring (bicyclic) bond motifs is 1. The van der Waals surface area contributed by atoms with E-state index in [4.69, 9.17) is 4.74 Å². The van der Waals surface area contributed by atoms with Gasteiger partial charge in [0.2, 0.25) is 0 Å². The van der Waals surface area contributed by atoms with Gasteiger partial charge in [0.25, 0.3) is 0 Å². The van der Waals surface area contributed by atoms with Gasteiger partial charge in [-0.05, 0) is 6.42 Å². The molecule has 2 aliphatic heterocycles. The van der Waals surface area contributed by atoms with Crippen molar-refractivity contribution in [3.8, 4) is 0 Å². The highest BCUT2D eigenvalue weighted by Gasteiger charge is 2.42. The second-order valence-electron chi connectivity index (χ2n) is 4.12. The molecular weight excluding hydrogens is 180 g/mol. The average molecular weight is 198 g/mol.